The van der Waals surface area contributed by atoms with E-state index in [9.17, 15) is 9.59 Å². The molecule has 0 saturated carbocycles. The first-order valence-corrected chi connectivity index (χ1v) is 6.20. The number of hydrogen-bond donors (Lipinski definition) is 2. The molecule has 1 atom stereocenters. The summed E-state index contributed by atoms with van der Waals surface area (Å²) in [5.74, 6) is -0.661. The molecule has 0 radical (unpaired) electrons. The highest BCUT2D eigenvalue weighted by Crippen LogP contribution is 2.18. The van der Waals surface area contributed by atoms with Crippen LogP contribution < -0.4 is 5.73 Å². The average Bonchev–Trinajstić information content (AvgIpc) is 2.72. The summed E-state index contributed by atoms with van der Waals surface area (Å²) in [6.45, 7) is 5.26. The van der Waals surface area contributed by atoms with Crippen molar-refractivity contribution in [2.45, 2.75) is 45.3 Å². The Balaban J connectivity index is 2.43. The largest absolute Gasteiger partial charge is 0.457 e. The number of amidine groups is 1. The molecule has 1 heterocycles. The number of nitrogens with one attached hydrogen (secondary N) is 1. The van der Waals surface area contributed by atoms with Crippen LogP contribution in [0.2, 0.25) is 0 Å². The SMILES string of the molecule is CC(C)(C)OC(=O)COC(=O)N1CCCC1C(=N)N. The van der Waals surface area contributed by atoms with Gasteiger partial charge in [-0.1, -0.05) is 0 Å². The summed E-state index contributed by atoms with van der Waals surface area (Å²) >= 11 is 0. The van der Waals surface area contributed by atoms with Gasteiger partial charge in [0.15, 0.2) is 6.61 Å². The first-order valence-electron chi connectivity index (χ1n) is 6.20. The second kappa shape index (κ2) is 5.90. The molecule has 0 aromatic heterocycles. The summed E-state index contributed by atoms with van der Waals surface area (Å²) in [7, 11) is 0. The molecule has 1 unspecified atom stereocenters. The van der Waals surface area contributed by atoms with Crippen LogP contribution in [0, 0.1) is 5.41 Å². The topological polar surface area (TPSA) is 106 Å². The number of carbonyl (C=O) groups is 2. The van der Waals surface area contributed by atoms with Gasteiger partial charge in [0.05, 0.1) is 6.04 Å². The normalized spacial score (nSPS) is 19.1. The van der Waals surface area contributed by atoms with Gasteiger partial charge in [-0.05, 0) is 33.6 Å². The van der Waals surface area contributed by atoms with E-state index in [0.29, 0.717) is 13.0 Å². The summed E-state index contributed by atoms with van der Waals surface area (Å²) in [6, 6.07) is -0.425. The fourth-order valence-electron chi connectivity index (χ4n) is 1.88. The van der Waals surface area contributed by atoms with Gasteiger partial charge in [-0.25, -0.2) is 9.59 Å². The summed E-state index contributed by atoms with van der Waals surface area (Å²) in [5, 5.41) is 7.39. The van der Waals surface area contributed by atoms with Crippen LogP contribution in [0.15, 0.2) is 0 Å². The van der Waals surface area contributed by atoms with Crippen LogP contribution in [0.4, 0.5) is 4.79 Å². The lowest BCUT2D eigenvalue weighted by Crippen LogP contribution is -2.44. The molecule has 108 valence electrons. The zero-order valence-electron chi connectivity index (χ0n) is 11.6. The number of nitrogens with zero attached hydrogens (tertiary/aromatic N) is 1. The van der Waals surface area contributed by atoms with Crippen molar-refractivity contribution in [3.8, 4) is 0 Å². The lowest BCUT2D eigenvalue weighted by atomic mass is 10.2. The van der Waals surface area contributed by atoms with Crippen LogP contribution in [0.1, 0.15) is 33.6 Å². The summed E-state index contributed by atoms with van der Waals surface area (Å²) in [6.07, 6.45) is 0.784. The van der Waals surface area contributed by atoms with Crippen molar-refractivity contribution in [3.63, 3.8) is 0 Å². The van der Waals surface area contributed by atoms with Crippen LogP contribution >= 0.6 is 0 Å². The molecule has 0 aromatic carbocycles. The monoisotopic (exact) mass is 271 g/mol. The van der Waals surface area contributed by atoms with Crippen molar-refractivity contribution in [1.29, 1.82) is 5.41 Å². The minimum atomic E-state index is -0.636. The number of hydrogen-bond acceptors (Lipinski definition) is 5. The van der Waals surface area contributed by atoms with E-state index in [2.05, 4.69) is 0 Å². The molecule has 1 fully saturated rings. The maximum atomic E-state index is 11.8. The fraction of sp³-hybridized carbons (Fsp3) is 0.750. The zero-order valence-corrected chi connectivity index (χ0v) is 11.6. The van der Waals surface area contributed by atoms with E-state index in [1.807, 2.05) is 0 Å². The van der Waals surface area contributed by atoms with Gasteiger partial charge in [0, 0.05) is 6.54 Å². The van der Waals surface area contributed by atoms with Gasteiger partial charge < -0.3 is 15.2 Å². The number of amides is 1. The third-order valence-electron chi connectivity index (χ3n) is 2.58. The molecule has 3 N–H and O–H groups in total. The number of likely N-dealkylation sites (tertiary alicyclic amines) is 1. The summed E-state index contributed by atoms with van der Waals surface area (Å²) in [5.41, 5.74) is 4.80. The lowest BCUT2D eigenvalue weighted by Gasteiger charge is -2.23. The van der Waals surface area contributed by atoms with Crippen LogP contribution in [0.25, 0.3) is 0 Å². The number of esters is 1. The van der Waals surface area contributed by atoms with Gasteiger partial charge in [0.1, 0.15) is 11.4 Å². The third kappa shape index (κ3) is 4.76. The Kier molecular flexibility index (Phi) is 4.74. The first kappa shape index (κ1) is 15.3. The van der Waals surface area contributed by atoms with Crippen molar-refractivity contribution in [2.75, 3.05) is 13.2 Å². The van der Waals surface area contributed by atoms with Gasteiger partial charge in [-0.15, -0.1) is 0 Å². The van der Waals surface area contributed by atoms with E-state index in [0.717, 1.165) is 6.42 Å². The van der Waals surface area contributed by atoms with Crippen molar-refractivity contribution >= 4 is 17.9 Å². The molecule has 0 aromatic rings. The highest BCUT2D eigenvalue weighted by Gasteiger charge is 2.32. The molecule has 1 saturated heterocycles. The van der Waals surface area contributed by atoms with Crippen LogP contribution in [0.3, 0.4) is 0 Å². The van der Waals surface area contributed by atoms with Gasteiger partial charge in [0.25, 0.3) is 0 Å². The number of ether oxygens (including phenoxy) is 2. The third-order valence-corrected chi connectivity index (χ3v) is 2.58. The quantitative estimate of drug-likeness (QED) is 0.450. The predicted octanol–water partition coefficient (Wildman–Crippen LogP) is 0.865. The Bertz CT molecular complexity index is 376. The van der Waals surface area contributed by atoms with Gasteiger partial charge in [-0.2, -0.15) is 0 Å². The molecule has 0 spiro atoms. The van der Waals surface area contributed by atoms with Crippen molar-refractivity contribution < 1.29 is 19.1 Å². The second-order valence-corrected chi connectivity index (χ2v) is 5.45. The number of nitrogens with two attached hydrogens (primary N) is 1. The first-order chi connectivity index (χ1) is 8.70. The zero-order chi connectivity index (χ0) is 14.6. The standard InChI is InChI=1S/C12H21N3O4/c1-12(2,3)19-9(16)7-18-11(17)15-6-4-5-8(15)10(13)14/h8H,4-7H2,1-3H3,(H3,13,14). The molecule has 0 bridgehead atoms. The fourth-order valence-corrected chi connectivity index (χ4v) is 1.88. The van der Waals surface area contributed by atoms with E-state index in [1.54, 1.807) is 20.8 Å². The van der Waals surface area contributed by atoms with Crippen LogP contribution in [-0.2, 0) is 14.3 Å². The Morgan fingerprint density at radius 2 is 2.05 bits per heavy atom. The Labute approximate surface area is 112 Å². The molecular formula is C12H21N3O4. The maximum Gasteiger partial charge on any atom is 0.410 e. The molecule has 19 heavy (non-hydrogen) atoms. The smallest absolute Gasteiger partial charge is 0.410 e. The molecule has 1 rings (SSSR count). The van der Waals surface area contributed by atoms with Gasteiger partial charge in [0.2, 0.25) is 0 Å². The molecule has 1 aliphatic rings. The highest BCUT2D eigenvalue weighted by atomic mass is 16.6. The second-order valence-electron chi connectivity index (χ2n) is 5.45. The Morgan fingerprint density at radius 1 is 1.42 bits per heavy atom. The van der Waals surface area contributed by atoms with E-state index in [1.165, 1.54) is 4.90 Å². The minimum absolute atomic E-state index is 0.0632. The number of carbonyl (C=O) groups excluding carboxylic acids is 2. The van der Waals surface area contributed by atoms with E-state index >= 15 is 0 Å². The molecule has 0 aliphatic carbocycles. The minimum Gasteiger partial charge on any atom is -0.457 e. The maximum absolute atomic E-state index is 11.8. The molecule has 1 amide bonds. The predicted molar refractivity (Wildman–Crippen MR) is 68.8 cm³/mol. The number of rotatable bonds is 3. The molecule has 7 nitrogen and oxygen atoms in total. The van der Waals surface area contributed by atoms with E-state index in [-0.39, 0.29) is 5.84 Å². The van der Waals surface area contributed by atoms with Crippen LogP contribution in [-0.4, -0.2) is 47.6 Å². The molecule has 1 aliphatic heterocycles. The Morgan fingerprint density at radius 3 is 2.58 bits per heavy atom. The summed E-state index contributed by atoms with van der Waals surface area (Å²) in [4.78, 5) is 24.6. The van der Waals surface area contributed by atoms with Gasteiger partial charge in [-0.3, -0.25) is 10.3 Å². The van der Waals surface area contributed by atoms with E-state index < -0.39 is 30.3 Å². The lowest BCUT2D eigenvalue weighted by molar-refractivity contribution is -0.158. The van der Waals surface area contributed by atoms with Crippen molar-refractivity contribution in [1.82, 2.24) is 4.90 Å². The average molecular weight is 271 g/mol. The molecular weight excluding hydrogens is 250 g/mol. The van der Waals surface area contributed by atoms with Gasteiger partial charge >= 0.3 is 12.1 Å². The summed E-state index contributed by atoms with van der Waals surface area (Å²) < 4.78 is 9.90. The van der Waals surface area contributed by atoms with Crippen molar-refractivity contribution in [3.05, 3.63) is 0 Å². The van der Waals surface area contributed by atoms with Crippen LogP contribution in [0.5, 0.6) is 0 Å². The molecule has 7 heteroatoms. The van der Waals surface area contributed by atoms with E-state index in [4.69, 9.17) is 20.6 Å². The highest BCUT2D eigenvalue weighted by molar-refractivity contribution is 5.87. The van der Waals surface area contributed by atoms with Crippen molar-refractivity contribution in [2.24, 2.45) is 5.73 Å². The Hall–Kier alpha value is -1.79.